The largest absolute Gasteiger partial charge is 0.480 e. The molecule has 6 nitrogen and oxygen atoms in total. The van der Waals surface area contributed by atoms with E-state index in [1.54, 1.807) is 42.6 Å². The Kier molecular flexibility index (Phi) is 4.32. The molecule has 0 aromatic carbocycles. The molecule has 0 bridgehead atoms. The standard InChI is InChI=1S/C19H20N4O2S/c1-11(19(24)25)23(2)17-15-13-7-3-4-8-14(13)26-18(15)22-16(21-17)12-6-5-9-20-10-12/h5-6,9-11H,3-4,7-8H2,1-2H3,(H,24,25). The zero-order chi connectivity index (χ0) is 18.3. The second kappa shape index (κ2) is 6.64. The van der Waals surface area contributed by atoms with Gasteiger partial charge in [0.2, 0.25) is 0 Å². The maximum absolute atomic E-state index is 11.5. The fourth-order valence-corrected chi connectivity index (χ4v) is 4.62. The highest BCUT2D eigenvalue weighted by Crippen LogP contribution is 2.40. The van der Waals surface area contributed by atoms with Gasteiger partial charge in [-0.1, -0.05) is 0 Å². The molecule has 4 rings (SSSR count). The van der Waals surface area contributed by atoms with Crippen LogP contribution in [0.1, 0.15) is 30.2 Å². The molecule has 3 aromatic heterocycles. The van der Waals surface area contributed by atoms with E-state index < -0.39 is 12.0 Å². The fourth-order valence-electron chi connectivity index (χ4n) is 3.37. The minimum Gasteiger partial charge on any atom is -0.480 e. The number of carboxylic acids is 1. The van der Waals surface area contributed by atoms with Crippen molar-refractivity contribution < 1.29 is 9.90 Å². The second-order valence-electron chi connectivity index (χ2n) is 6.63. The van der Waals surface area contributed by atoms with Crippen LogP contribution in [0, 0.1) is 0 Å². The van der Waals surface area contributed by atoms with Crippen LogP contribution < -0.4 is 4.90 Å². The molecule has 0 spiro atoms. The number of aromatic nitrogens is 3. The summed E-state index contributed by atoms with van der Waals surface area (Å²) >= 11 is 1.71. The smallest absolute Gasteiger partial charge is 0.326 e. The third-order valence-corrected chi connectivity index (χ3v) is 6.17. The van der Waals surface area contributed by atoms with Gasteiger partial charge in [0.05, 0.1) is 5.39 Å². The lowest BCUT2D eigenvalue weighted by Gasteiger charge is -2.24. The van der Waals surface area contributed by atoms with Crippen molar-refractivity contribution in [2.75, 3.05) is 11.9 Å². The average molecular weight is 368 g/mol. The number of carboxylic acid groups (broad SMARTS) is 1. The quantitative estimate of drug-likeness (QED) is 0.759. The minimum absolute atomic E-state index is 0.587. The van der Waals surface area contributed by atoms with Gasteiger partial charge in [-0.2, -0.15) is 0 Å². The summed E-state index contributed by atoms with van der Waals surface area (Å²) in [6, 6.07) is 3.10. The lowest BCUT2D eigenvalue weighted by Crippen LogP contribution is -2.36. The number of anilines is 1. The van der Waals surface area contributed by atoms with E-state index in [1.807, 2.05) is 12.1 Å². The number of rotatable bonds is 4. The van der Waals surface area contributed by atoms with E-state index in [1.165, 1.54) is 16.9 Å². The van der Waals surface area contributed by atoms with Crippen molar-refractivity contribution in [1.82, 2.24) is 15.0 Å². The highest BCUT2D eigenvalue weighted by atomic mass is 32.1. The van der Waals surface area contributed by atoms with Crippen molar-refractivity contribution in [1.29, 1.82) is 0 Å². The predicted octanol–water partition coefficient (Wildman–Crippen LogP) is 3.54. The molecule has 0 fully saturated rings. The number of likely N-dealkylation sites (N-methyl/N-ethyl adjacent to an activating group) is 1. The highest BCUT2D eigenvalue weighted by Gasteiger charge is 2.26. The average Bonchev–Trinajstić information content (AvgIpc) is 3.05. The van der Waals surface area contributed by atoms with E-state index in [-0.39, 0.29) is 0 Å². The molecule has 0 radical (unpaired) electrons. The Morgan fingerprint density at radius 1 is 1.31 bits per heavy atom. The molecule has 1 unspecified atom stereocenters. The number of carbonyl (C=O) groups is 1. The summed E-state index contributed by atoms with van der Waals surface area (Å²) in [4.78, 5) is 29.3. The number of pyridine rings is 1. The first-order chi connectivity index (χ1) is 12.6. The van der Waals surface area contributed by atoms with Gasteiger partial charge in [-0.25, -0.2) is 14.8 Å². The minimum atomic E-state index is -0.869. The SMILES string of the molecule is CC(C(=O)O)N(C)c1nc(-c2cccnc2)nc2sc3c(c12)CCCC3. The first-order valence-electron chi connectivity index (χ1n) is 8.74. The van der Waals surface area contributed by atoms with Crippen molar-refractivity contribution >= 4 is 33.3 Å². The zero-order valence-corrected chi connectivity index (χ0v) is 15.6. The molecule has 3 heterocycles. The van der Waals surface area contributed by atoms with E-state index in [9.17, 15) is 9.90 Å². The first kappa shape index (κ1) is 16.9. The van der Waals surface area contributed by atoms with Gasteiger partial charge >= 0.3 is 5.97 Å². The number of fused-ring (bicyclic) bond motifs is 3. The van der Waals surface area contributed by atoms with Gasteiger partial charge in [-0.3, -0.25) is 4.98 Å². The first-order valence-corrected chi connectivity index (χ1v) is 9.56. The molecule has 0 saturated heterocycles. The van der Waals surface area contributed by atoms with E-state index in [2.05, 4.69) is 4.98 Å². The molecule has 0 aliphatic heterocycles. The van der Waals surface area contributed by atoms with Crippen LogP contribution in [-0.2, 0) is 17.6 Å². The van der Waals surface area contributed by atoms with Gasteiger partial charge in [0.25, 0.3) is 0 Å². The Hall–Kier alpha value is -2.54. The van der Waals surface area contributed by atoms with E-state index >= 15 is 0 Å². The molecular weight excluding hydrogens is 348 g/mol. The van der Waals surface area contributed by atoms with Crippen LogP contribution in [0.2, 0.25) is 0 Å². The normalized spacial score (nSPS) is 14.8. The van der Waals surface area contributed by atoms with Crippen LogP contribution in [0.25, 0.3) is 21.6 Å². The topological polar surface area (TPSA) is 79.2 Å². The summed E-state index contributed by atoms with van der Waals surface area (Å²) in [5.74, 6) is 0.415. The number of hydrogen-bond donors (Lipinski definition) is 1. The third kappa shape index (κ3) is 2.82. The maximum atomic E-state index is 11.5. The number of aryl methyl sites for hydroxylation is 2. The Morgan fingerprint density at radius 3 is 2.85 bits per heavy atom. The van der Waals surface area contributed by atoms with Crippen LogP contribution in [-0.4, -0.2) is 39.1 Å². The van der Waals surface area contributed by atoms with Crippen LogP contribution in [0.5, 0.6) is 0 Å². The predicted molar refractivity (Wildman–Crippen MR) is 103 cm³/mol. The Bertz CT molecular complexity index is 971. The van der Waals surface area contributed by atoms with Crippen LogP contribution in [0.15, 0.2) is 24.5 Å². The fraction of sp³-hybridized carbons (Fsp3) is 0.368. The number of thiophene rings is 1. The molecule has 134 valence electrons. The summed E-state index contributed by atoms with van der Waals surface area (Å²) in [7, 11) is 1.79. The Morgan fingerprint density at radius 2 is 2.12 bits per heavy atom. The maximum Gasteiger partial charge on any atom is 0.326 e. The molecule has 1 atom stereocenters. The number of nitrogens with zero attached hydrogens (tertiary/aromatic N) is 4. The van der Waals surface area contributed by atoms with Crippen LogP contribution >= 0.6 is 11.3 Å². The van der Waals surface area contributed by atoms with Crippen molar-refractivity contribution in [3.8, 4) is 11.4 Å². The van der Waals surface area contributed by atoms with Crippen LogP contribution in [0.3, 0.4) is 0 Å². The summed E-state index contributed by atoms with van der Waals surface area (Å²) in [5, 5.41) is 10.5. The van der Waals surface area contributed by atoms with Crippen LogP contribution in [0.4, 0.5) is 5.82 Å². The molecule has 7 heteroatoms. The van der Waals surface area contributed by atoms with Crippen molar-refractivity contribution in [3.63, 3.8) is 0 Å². The van der Waals surface area contributed by atoms with E-state index in [4.69, 9.17) is 9.97 Å². The lowest BCUT2D eigenvalue weighted by atomic mass is 9.96. The summed E-state index contributed by atoms with van der Waals surface area (Å²) in [6.45, 7) is 1.68. The second-order valence-corrected chi connectivity index (χ2v) is 7.71. The molecule has 1 aliphatic carbocycles. The van der Waals surface area contributed by atoms with Gasteiger partial charge in [-0.15, -0.1) is 11.3 Å². The summed E-state index contributed by atoms with van der Waals surface area (Å²) < 4.78 is 0. The molecular formula is C19H20N4O2S. The number of aliphatic carboxylic acids is 1. The van der Waals surface area contributed by atoms with Crippen molar-refractivity contribution in [2.24, 2.45) is 0 Å². The molecule has 1 aliphatic rings. The van der Waals surface area contributed by atoms with Gasteiger partial charge in [0.1, 0.15) is 16.7 Å². The van der Waals surface area contributed by atoms with Gasteiger partial charge < -0.3 is 10.0 Å². The summed E-state index contributed by atoms with van der Waals surface area (Å²) in [6.07, 6.45) is 7.87. The summed E-state index contributed by atoms with van der Waals surface area (Å²) in [5.41, 5.74) is 2.13. The zero-order valence-electron chi connectivity index (χ0n) is 14.8. The third-order valence-electron chi connectivity index (χ3n) is 4.99. The van der Waals surface area contributed by atoms with Gasteiger partial charge in [0, 0.05) is 29.9 Å². The Labute approximate surface area is 155 Å². The van der Waals surface area contributed by atoms with E-state index in [0.717, 1.165) is 35.0 Å². The molecule has 26 heavy (non-hydrogen) atoms. The molecule has 1 N–H and O–H groups in total. The molecule has 0 amide bonds. The van der Waals surface area contributed by atoms with E-state index in [0.29, 0.717) is 11.6 Å². The van der Waals surface area contributed by atoms with Gasteiger partial charge in [0.15, 0.2) is 5.82 Å². The lowest BCUT2D eigenvalue weighted by molar-refractivity contribution is -0.138. The van der Waals surface area contributed by atoms with Crippen molar-refractivity contribution in [3.05, 3.63) is 35.0 Å². The number of hydrogen-bond acceptors (Lipinski definition) is 6. The molecule has 0 saturated carbocycles. The monoisotopic (exact) mass is 368 g/mol. The molecule has 3 aromatic rings. The van der Waals surface area contributed by atoms with Gasteiger partial charge in [-0.05, 0) is 50.3 Å². The highest BCUT2D eigenvalue weighted by molar-refractivity contribution is 7.19. The Balaban J connectivity index is 1.96. The van der Waals surface area contributed by atoms with Crippen molar-refractivity contribution in [2.45, 2.75) is 38.6 Å².